The number of hydrogen-bond acceptors (Lipinski definition) is 1. The highest BCUT2D eigenvalue weighted by atomic mass is 15.1. The Bertz CT molecular complexity index is 3280. The molecule has 0 spiro atoms. The summed E-state index contributed by atoms with van der Waals surface area (Å²) in [5.74, 6) is 0. The van der Waals surface area contributed by atoms with Crippen molar-refractivity contribution in [2.24, 2.45) is 0 Å². The molecule has 11 rings (SSSR count). The standard InChI is InChI=1S/C58H40N2/c1-5-17-41(18-6-1)43-29-33-48(34-30-43)59-54-28-16-15-27-51(54)52-36-35-49(40-57(52)59)60(56-38-31-45-23-13-14-26-50(45)58(56)46-24-11-4-12-25-46)55-37-32-47(42-19-7-2-8-20-42)39-53(55)44-21-9-3-10-22-44/h1-40H. The highest BCUT2D eigenvalue weighted by Crippen LogP contribution is 2.49. The topological polar surface area (TPSA) is 8.17 Å². The first-order valence-electron chi connectivity index (χ1n) is 20.6. The van der Waals surface area contributed by atoms with Gasteiger partial charge in [0.25, 0.3) is 0 Å². The number of nitrogens with zero attached hydrogens (tertiary/aromatic N) is 2. The molecule has 1 aromatic heterocycles. The molecule has 11 aromatic rings. The molecular weight excluding hydrogens is 725 g/mol. The van der Waals surface area contributed by atoms with Crippen LogP contribution in [0.25, 0.3) is 82.8 Å². The molecule has 60 heavy (non-hydrogen) atoms. The van der Waals surface area contributed by atoms with Gasteiger partial charge in [0.2, 0.25) is 0 Å². The molecule has 0 amide bonds. The number of hydrogen-bond donors (Lipinski definition) is 0. The summed E-state index contributed by atoms with van der Waals surface area (Å²) in [5, 5.41) is 4.86. The second-order valence-electron chi connectivity index (χ2n) is 15.3. The van der Waals surface area contributed by atoms with Crippen molar-refractivity contribution in [3.63, 3.8) is 0 Å². The van der Waals surface area contributed by atoms with Crippen LogP contribution in [0.5, 0.6) is 0 Å². The van der Waals surface area contributed by atoms with Crippen molar-refractivity contribution in [1.82, 2.24) is 4.57 Å². The van der Waals surface area contributed by atoms with Gasteiger partial charge in [-0.3, -0.25) is 0 Å². The van der Waals surface area contributed by atoms with E-state index in [1.165, 1.54) is 60.4 Å². The van der Waals surface area contributed by atoms with Crippen LogP contribution in [0.3, 0.4) is 0 Å². The second-order valence-corrected chi connectivity index (χ2v) is 15.3. The summed E-state index contributed by atoms with van der Waals surface area (Å²) in [6.07, 6.45) is 0. The fourth-order valence-corrected chi connectivity index (χ4v) is 8.96. The van der Waals surface area contributed by atoms with E-state index in [1.54, 1.807) is 0 Å². The molecular formula is C58H40N2. The molecule has 0 N–H and O–H groups in total. The third kappa shape index (κ3) is 6.23. The van der Waals surface area contributed by atoms with Crippen molar-refractivity contribution < 1.29 is 0 Å². The van der Waals surface area contributed by atoms with Gasteiger partial charge < -0.3 is 9.47 Å². The predicted molar refractivity (Wildman–Crippen MR) is 255 cm³/mol. The summed E-state index contributed by atoms with van der Waals surface area (Å²) in [4.78, 5) is 2.49. The van der Waals surface area contributed by atoms with E-state index in [0.717, 1.165) is 39.4 Å². The first-order valence-corrected chi connectivity index (χ1v) is 20.6. The van der Waals surface area contributed by atoms with Crippen LogP contribution < -0.4 is 4.90 Å². The Morgan fingerprint density at radius 2 is 0.817 bits per heavy atom. The van der Waals surface area contributed by atoms with Crippen molar-refractivity contribution in [2.75, 3.05) is 4.90 Å². The molecule has 2 nitrogen and oxygen atoms in total. The Labute approximate surface area is 350 Å². The highest BCUT2D eigenvalue weighted by Gasteiger charge is 2.24. The lowest BCUT2D eigenvalue weighted by Crippen LogP contribution is -2.13. The van der Waals surface area contributed by atoms with Crippen molar-refractivity contribution in [3.8, 4) is 50.2 Å². The molecule has 0 atom stereocenters. The first kappa shape index (κ1) is 35.2. The highest BCUT2D eigenvalue weighted by molar-refractivity contribution is 6.12. The van der Waals surface area contributed by atoms with Crippen LogP contribution in [-0.4, -0.2) is 4.57 Å². The molecule has 2 heteroatoms. The summed E-state index contributed by atoms with van der Waals surface area (Å²) < 4.78 is 2.43. The SMILES string of the molecule is c1ccc(-c2ccc(-n3c4ccccc4c4ccc(N(c5ccc(-c6ccccc6)cc5-c5ccccc5)c5ccc6ccccc6c5-c5ccccc5)cc43)cc2)cc1. The van der Waals surface area contributed by atoms with Crippen LogP contribution in [0.2, 0.25) is 0 Å². The van der Waals surface area contributed by atoms with Gasteiger partial charge >= 0.3 is 0 Å². The first-order chi connectivity index (χ1) is 29.8. The summed E-state index contributed by atoms with van der Waals surface area (Å²) in [5.41, 5.74) is 16.2. The van der Waals surface area contributed by atoms with E-state index in [2.05, 4.69) is 252 Å². The maximum atomic E-state index is 2.49. The van der Waals surface area contributed by atoms with E-state index in [1.807, 2.05) is 0 Å². The Hall–Kier alpha value is -7.94. The Morgan fingerprint density at radius 1 is 0.300 bits per heavy atom. The van der Waals surface area contributed by atoms with Crippen LogP contribution in [-0.2, 0) is 0 Å². The van der Waals surface area contributed by atoms with Crippen molar-refractivity contribution >= 4 is 49.6 Å². The van der Waals surface area contributed by atoms with Crippen molar-refractivity contribution in [2.45, 2.75) is 0 Å². The van der Waals surface area contributed by atoms with Crippen LogP contribution in [0, 0.1) is 0 Å². The van der Waals surface area contributed by atoms with Crippen LogP contribution in [0.4, 0.5) is 17.1 Å². The summed E-state index contributed by atoms with van der Waals surface area (Å²) >= 11 is 0. The van der Waals surface area contributed by atoms with Gasteiger partial charge in [-0.25, -0.2) is 0 Å². The zero-order valence-corrected chi connectivity index (χ0v) is 33.0. The summed E-state index contributed by atoms with van der Waals surface area (Å²) in [6, 6.07) is 88.0. The van der Waals surface area contributed by atoms with Gasteiger partial charge in [0.05, 0.1) is 22.4 Å². The van der Waals surface area contributed by atoms with Crippen LogP contribution in [0.1, 0.15) is 0 Å². The molecule has 0 aliphatic carbocycles. The maximum absolute atomic E-state index is 2.49. The smallest absolute Gasteiger partial charge is 0.0561 e. The van der Waals surface area contributed by atoms with E-state index >= 15 is 0 Å². The number of anilines is 3. The average molecular weight is 765 g/mol. The monoisotopic (exact) mass is 764 g/mol. The molecule has 0 aliphatic heterocycles. The fraction of sp³-hybridized carbons (Fsp3) is 0. The molecule has 282 valence electrons. The van der Waals surface area contributed by atoms with Gasteiger partial charge in [-0.15, -0.1) is 0 Å². The molecule has 0 saturated heterocycles. The average Bonchev–Trinajstić information content (AvgIpc) is 3.66. The number of para-hydroxylation sites is 1. The molecule has 10 aromatic carbocycles. The maximum Gasteiger partial charge on any atom is 0.0561 e. The molecule has 0 radical (unpaired) electrons. The second kappa shape index (κ2) is 15.1. The van der Waals surface area contributed by atoms with Gasteiger partial charge in [-0.2, -0.15) is 0 Å². The Kier molecular flexibility index (Phi) is 8.87. The third-order valence-corrected chi connectivity index (χ3v) is 11.8. The van der Waals surface area contributed by atoms with E-state index in [9.17, 15) is 0 Å². The number of rotatable bonds is 8. The Morgan fingerprint density at radius 3 is 1.52 bits per heavy atom. The normalized spacial score (nSPS) is 11.3. The van der Waals surface area contributed by atoms with E-state index in [-0.39, 0.29) is 0 Å². The lowest BCUT2D eigenvalue weighted by atomic mass is 9.93. The van der Waals surface area contributed by atoms with Gasteiger partial charge in [-0.1, -0.05) is 194 Å². The molecule has 0 fully saturated rings. The quantitative estimate of drug-likeness (QED) is 0.150. The van der Waals surface area contributed by atoms with Crippen LogP contribution in [0.15, 0.2) is 243 Å². The van der Waals surface area contributed by atoms with Crippen molar-refractivity contribution in [1.29, 1.82) is 0 Å². The van der Waals surface area contributed by atoms with E-state index < -0.39 is 0 Å². The van der Waals surface area contributed by atoms with Gasteiger partial charge in [0, 0.05) is 33.3 Å². The predicted octanol–water partition coefficient (Wildman–Crippen LogP) is 16.1. The van der Waals surface area contributed by atoms with Crippen molar-refractivity contribution in [3.05, 3.63) is 243 Å². The number of fused-ring (bicyclic) bond motifs is 4. The minimum Gasteiger partial charge on any atom is -0.309 e. The number of benzene rings is 10. The zero-order chi connectivity index (χ0) is 39.8. The minimum absolute atomic E-state index is 1.07. The van der Waals surface area contributed by atoms with E-state index in [4.69, 9.17) is 0 Å². The van der Waals surface area contributed by atoms with E-state index in [0.29, 0.717) is 0 Å². The van der Waals surface area contributed by atoms with Gasteiger partial charge in [0.15, 0.2) is 0 Å². The minimum atomic E-state index is 1.07. The zero-order valence-electron chi connectivity index (χ0n) is 33.0. The Balaban J connectivity index is 1.20. The summed E-state index contributed by atoms with van der Waals surface area (Å²) in [7, 11) is 0. The van der Waals surface area contributed by atoms with Crippen LogP contribution >= 0.6 is 0 Å². The summed E-state index contributed by atoms with van der Waals surface area (Å²) in [6.45, 7) is 0. The molecule has 0 unspecified atom stereocenters. The fourth-order valence-electron chi connectivity index (χ4n) is 8.96. The largest absolute Gasteiger partial charge is 0.309 e. The molecule has 0 bridgehead atoms. The number of aromatic nitrogens is 1. The molecule has 1 heterocycles. The lowest BCUT2D eigenvalue weighted by molar-refractivity contribution is 1.18. The van der Waals surface area contributed by atoms with Gasteiger partial charge in [-0.05, 0) is 92.7 Å². The molecule has 0 saturated carbocycles. The molecule has 0 aliphatic rings. The lowest BCUT2D eigenvalue weighted by Gasteiger charge is -2.31. The third-order valence-electron chi connectivity index (χ3n) is 11.8. The van der Waals surface area contributed by atoms with Gasteiger partial charge in [0.1, 0.15) is 0 Å².